The third kappa shape index (κ3) is 21.5. The molecule has 26 heavy (non-hydrogen) atoms. The van der Waals surface area contributed by atoms with Crippen molar-refractivity contribution in [2.75, 3.05) is 13.2 Å². The van der Waals surface area contributed by atoms with Gasteiger partial charge in [-0.3, -0.25) is 4.79 Å². The summed E-state index contributed by atoms with van der Waals surface area (Å²) in [6.07, 6.45) is 24.9. The normalized spacial score (nSPS) is 11.0. The van der Waals surface area contributed by atoms with Gasteiger partial charge < -0.3 is 9.84 Å². The van der Waals surface area contributed by atoms with Crippen LogP contribution in [0.1, 0.15) is 129 Å². The number of esters is 1. The lowest BCUT2D eigenvalue weighted by molar-refractivity contribution is -0.144. The zero-order chi connectivity index (χ0) is 19.1. The Morgan fingerprint density at radius 3 is 1.31 bits per heavy atom. The summed E-state index contributed by atoms with van der Waals surface area (Å²) in [5.41, 5.74) is 0. The average Bonchev–Trinajstić information content (AvgIpc) is 2.65. The van der Waals surface area contributed by atoms with Crippen LogP contribution in [0.4, 0.5) is 0 Å². The molecule has 156 valence electrons. The van der Waals surface area contributed by atoms with Crippen LogP contribution in [0, 0.1) is 0 Å². The Bertz CT molecular complexity index is 279. The molecule has 0 aliphatic carbocycles. The van der Waals surface area contributed by atoms with Gasteiger partial charge in [-0.2, -0.15) is 0 Å². The van der Waals surface area contributed by atoms with E-state index in [-0.39, 0.29) is 19.2 Å². The maximum Gasteiger partial charge on any atom is 0.305 e. The Morgan fingerprint density at radius 1 is 0.615 bits per heavy atom. The molecule has 0 aromatic rings. The lowest BCUT2D eigenvalue weighted by atomic mass is 10.0. The molecular weight excluding hydrogens is 324 g/mol. The Balaban J connectivity index is 3.04. The number of aliphatic hydroxyl groups is 1. The molecule has 0 heterocycles. The van der Waals surface area contributed by atoms with Gasteiger partial charge in [0.05, 0.1) is 6.61 Å². The van der Waals surface area contributed by atoms with Crippen LogP contribution in [-0.4, -0.2) is 24.3 Å². The predicted molar refractivity (Wildman–Crippen MR) is 111 cm³/mol. The maximum atomic E-state index is 11.2. The zero-order valence-electron chi connectivity index (χ0n) is 17.6. The fraction of sp³-hybridized carbons (Fsp3) is 0.957. The van der Waals surface area contributed by atoms with Crippen molar-refractivity contribution >= 4 is 5.97 Å². The van der Waals surface area contributed by atoms with E-state index in [1.54, 1.807) is 0 Å². The van der Waals surface area contributed by atoms with Gasteiger partial charge in [-0.15, -0.1) is 0 Å². The van der Waals surface area contributed by atoms with Crippen molar-refractivity contribution in [2.45, 2.75) is 129 Å². The molecule has 0 fully saturated rings. The van der Waals surface area contributed by atoms with Crippen molar-refractivity contribution in [3.8, 4) is 0 Å². The Labute approximate surface area is 163 Å². The van der Waals surface area contributed by atoms with Gasteiger partial charge in [-0.25, -0.2) is 0 Å². The summed E-state index contributed by atoms with van der Waals surface area (Å²) in [5, 5.41) is 8.57. The highest BCUT2D eigenvalue weighted by atomic mass is 16.5. The summed E-state index contributed by atoms with van der Waals surface area (Å²) in [6, 6.07) is 0. The molecule has 0 radical (unpaired) electrons. The molecular formula is C23H46O3. The highest BCUT2D eigenvalue weighted by Crippen LogP contribution is 2.14. The number of carbonyl (C=O) groups is 1. The number of carbonyl (C=O) groups excluding carboxylic acids is 1. The summed E-state index contributed by atoms with van der Waals surface area (Å²) >= 11 is 0. The number of aliphatic hydroxyl groups excluding tert-OH is 1. The second kappa shape index (κ2) is 22.5. The third-order valence-corrected chi connectivity index (χ3v) is 5.09. The van der Waals surface area contributed by atoms with Gasteiger partial charge in [-0.05, 0) is 6.42 Å². The minimum atomic E-state index is -0.171. The first kappa shape index (κ1) is 25.4. The largest absolute Gasteiger partial charge is 0.463 e. The first-order valence-corrected chi connectivity index (χ1v) is 11.6. The van der Waals surface area contributed by atoms with E-state index in [0.717, 1.165) is 12.8 Å². The van der Waals surface area contributed by atoms with E-state index >= 15 is 0 Å². The van der Waals surface area contributed by atoms with Crippen LogP contribution in [-0.2, 0) is 9.53 Å². The summed E-state index contributed by atoms with van der Waals surface area (Å²) < 4.78 is 4.84. The van der Waals surface area contributed by atoms with Crippen molar-refractivity contribution in [1.29, 1.82) is 0 Å². The molecule has 0 saturated heterocycles. The lowest BCUT2D eigenvalue weighted by Crippen LogP contribution is -2.07. The highest BCUT2D eigenvalue weighted by Gasteiger charge is 2.01. The van der Waals surface area contributed by atoms with Crippen molar-refractivity contribution in [2.24, 2.45) is 0 Å². The number of unbranched alkanes of at least 4 members (excludes halogenated alkanes) is 17. The van der Waals surface area contributed by atoms with E-state index in [4.69, 9.17) is 9.84 Å². The van der Waals surface area contributed by atoms with Gasteiger partial charge in [-0.1, -0.05) is 116 Å². The smallest absolute Gasteiger partial charge is 0.305 e. The van der Waals surface area contributed by atoms with Crippen molar-refractivity contribution in [3.05, 3.63) is 0 Å². The second-order valence-electron chi connectivity index (χ2n) is 7.70. The van der Waals surface area contributed by atoms with Gasteiger partial charge in [0, 0.05) is 6.42 Å². The molecule has 0 aromatic heterocycles. The second-order valence-corrected chi connectivity index (χ2v) is 7.70. The van der Waals surface area contributed by atoms with Crippen molar-refractivity contribution in [3.63, 3.8) is 0 Å². The highest BCUT2D eigenvalue weighted by molar-refractivity contribution is 5.69. The molecule has 0 aliphatic rings. The quantitative estimate of drug-likeness (QED) is 0.175. The van der Waals surface area contributed by atoms with E-state index in [1.165, 1.54) is 103 Å². The van der Waals surface area contributed by atoms with Gasteiger partial charge in [0.1, 0.15) is 6.61 Å². The fourth-order valence-corrected chi connectivity index (χ4v) is 3.40. The van der Waals surface area contributed by atoms with Crippen LogP contribution in [0.2, 0.25) is 0 Å². The maximum absolute atomic E-state index is 11.2. The molecule has 0 atom stereocenters. The van der Waals surface area contributed by atoms with Crippen LogP contribution >= 0.6 is 0 Å². The third-order valence-electron chi connectivity index (χ3n) is 5.09. The lowest BCUT2D eigenvalue weighted by Gasteiger charge is -2.04. The number of hydrogen-bond acceptors (Lipinski definition) is 3. The molecule has 0 saturated carbocycles. The van der Waals surface area contributed by atoms with Gasteiger partial charge in [0.25, 0.3) is 0 Å². The number of rotatable bonds is 21. The molecule has 0 aromatic carbocycles. The molecule has 0 unspecified atom stereocenters. The molecule has 0 aliphatic heterocycles. The van der Waals surface area contributed by atoms with Crippen LogP contribution in [0.3, 0.4) is 0 Å². The topological polar surface area (TPSA) is 46.5 Å². The van der Waals surface area contributed by atoms with Crippen LogP contribution in [0.15, 0.2) is 0 Å². The van der Waals surface area contributed by atoms with E-state index in [2.05, 4.69) is 6.92 Å². The van der Waals surface area contributed by atoms with Gasteiger partial charge in [0.15, 0.2) is 0 Å². The van der Waals surface area contributed by atoms with Gasteiger partial charge >= 0.3 is 5.97 Å². The first-order chi connectivity index (χ1) is 12.8. The summed E-state index contributed by atoms with van der Waals surface area (Å²) in [6.45, 7) is 2.34. The van der Waals surface area contributed by atoms with E-state index in [0.29, 0.717) is 6.42 Å². The first-order valence-electron chi connectivity index (χ1n) is 11.6. The Morgan fingerprint density at radius 2 is 0.962 bits per heavy atom. The standard InChI is InChI=1S/C23H46O3/c1-2-3-4-5-6-7-8-9-10-11-12-13-14-15-16-17-18-19-20-23(25)26-22-21-24/h24H,2-22H2,1H3. The molecule has 0 rings (SSSR count). The predicted octanol–water partition coefficient (Wildman–Crippen LogP) is 6.95. The van der Waals surface area contributed by atoms with Crippen LogP contribution in [0.25, 0.3) is 0 Å². The Kier molecular flexibility index (Phi) is 22.0. The van der Waals surface area contributed by atoms with Crippen LogP contribution in [0.5, 0.6) is 0 Å². The van der Waals surface area contributed by atoms with E-state index in [1.807, 2.05) is 0 Å². The summed E-state index contributed by atoms with van der Waals surface area (Å²) in [4.78, 5) is 11.2. The molecule has 3 heteroatoms. The molecule has 1 N–H and O–H groups in total. The molecule has 0 amide bonds. The van der Waals surface area contributed by atoms with E-state index < -0.39 is 0 Å². The van der Waals surface area contributed by atoms with Gasteiger partial charge in [0.2, 0.25) is 0 Å². The molecule has 0 bridgehead atoms. The summed E-state index contributed by atoms with van der Waals surface area (Å²) in [5.74, 6) is -0.171. The monoisotopic (exact) mass is 370 g/mol. The number of hydrogen-bond donors (Lipinski definition) is 1. The Hall–Kier alpha value is -0.570. The minimum Gasteiger partial charge on any atom is -0.463 e. The average molecular weight is 371 g/mol. The summed E-state index contributed by atoms with van der Waals surface area (Å²) in [7, 11) is 0. The SMILES string of the molecule is CCCCCCCCCCCCCCCCCCCCC(=O)OCCO. The van der Waals surface area contributed by atoms with Crippen molar-refractivity contribution in [1.82, 2.24) is 0 Å². The fourth-order valence-electron chi connectivity index (χ4n) is 3.40. The number of ether oxygens (including phenoxy) is 1. The minimum absolute atomic E-state index is 0.0785. The van der Waals surface area contributed by atoms with E-state index in [9.17, 15) is 4.79 Å². The molecule has 3 nitrogen and oxygen atoms in total. The zero-order valence-corrected chi connectivity index (χ0v) is 17.6. The van der Waals surface area contributed by atoms with Crippen LogP contribution < -0.4 is 0 Å². The molecule has 0 spiro atoms. The van der Waals surface area contributed by atoms with Crippen molar-refractivity contribution < 1.29 is 14.6 Å².